The van der Waals surface area contributed by atoms with Crippen molar-refractivity contribution in [3.63, 3.8) is 0 Å². The first kappa shape index (κ1) is 20.3. The van der Waals surface area contributed by atoms with E-state index in [4.69, 9.17) is 25.7 Å². The number of esters is 2. The Balaban J connectivity index is 1.80. The summed E-state index contributed by atoms with van der Waals surface area (Å²) in [5.41, 5.74) is 10.4. The van der Waals surface area contributed by atoms with Gasteiger partial charge in [0.05, 0.1) is 11.3 Å². The Bertz CT molecular complexity index is 967. The fourth-order valence-electron chi connectivity index (χ4n) is 2.88. The Hall–Kier alpha value is -3.47. The molecular weight excluding hydrogens is 387 g/mol. The number of carbonyl (C=O) groups excluding carboxylic acids is 2. The molecule has 0 unspecified atom stereocenters. The van der Waals surface area contributed by atoms with Crippen molar-refractivity contribution in [2.45, 2.75) is 31.5 Å². The Kier molecular flexibility index (Phi) is 5.78. The number of hydrogen-bond donors (Lipinski definition) is 2. The van der Waals surface area contributed by atoms with Gasteiger partial charge in [-0.3, -0.25) is 9.36 Å². The van der Waals surface area contributed by atoms with E-state index < -0.39 is 48.8 Å². The number of nitrogens with two attached hydrogens (primary N) is 2. The highest BCUT2D eigenvalue weighted by Gasteiger charge is 2.49. The molecular formula is C18H19FN4O6. The third-order valence-corrected chi connectivity index (χ3v) is 4.24. The zero-order valence-electron chi connectivity index (χ0n) is 15.4. The van der Waals surface area contributed by atoms with Crippen LogP contribution < -0.4 is 17.2 Å². The molecule has 0 bridgehead atoms. The number of aromatic nitrogens is 2. The van der Waals surface area contributed by atoms with Crippen LogP contribution in [-0.4, -0.2) is 46.5 Å². The minimum absolute atomic E-state index is 0.0524. The fraction of sp³-hybridized carbons (Fsp3) is 0.333. The molecule has 11 heteroatoms. The molecule has 1 fully saturated rings. The molecule has 29 heavy (non-hydrogen) atoms. The van der Waals surface area contributed by atoms with Crippen LogP contribution in [0.15, 0.2) is 41.3 Å². The quantitative estimate of drug-likeness (QED) is 0.674. The van der Waals surface area contributed by atoms with Crippen molar-refractivity contribution in [2.24, 2.45) is 0 Å². The van der Waals surface area contributed by atoms with Crippen LogP contribution in [0.1, 0.15) is 23.5 Å². The first-order valence-electron chi connectivity index (χ1n) is 8.61. The molecule has 0 saturated carbocycles. The lowest BCUT2D eigenvalue weighted by molar-refractivity contribution is -0.152. The van der Waals surface area contributed by atoms with Crippen LogP contribution in [0, 0.1) is 0 Å². The number of nitrogen functional groups attached to an aromatic ring is 2. The second-order valence-corrected chi connectivity index (χ2v) is 6.32. The summed E-state index contributed by atoms with van der Waals surface area (Å²) >= 11 is 0. The summed E-state index contributed by atoms with van der Waals surface area (Å²) in [5, 5.41) is 0. The average molecular weight is 406 g/mol. The van der Waals surface area contributed by atoms with Crippen molar-refractivity contribution in [1.82, 2.24) is 9.55 Å². The normalized spacial score (nSPS) is 23.5. The number of rotatable bonds is 5. The zero-order valence-corrected chi connectivity index (χ0v) is 15.4. The van der Waals surface area contributed by atoms with Gasteiger partial charge in [0.15, 0.2) is 24.3 Å². The number of halogens is 1. The number of benzene rings is 1. The monoisotopic (exact) mass is 406 g/mol. The minimum Gasteiger partial charge on any atom is -0.459 e. The largest absolute Gasteiger partial charge is 0.459 e. The van der Waals surface area contributed by atoms with Gasteiger partial charge in [-0.15, -0.1) is 0 Å². The summed E-state index contributed by atoms with van der Waals surface area (Å²) in [6, 6.07) is 8.14. The third-order valence-electron chi connectivity index (χ3n) is 4.24. The van der Waals surface area contributed by atoms with Crippen molar-refractivity contribution in [1.29, 1.82) is 0 Å². The highest BCUT2D eigenvalue weighted by molar-refractivity contribution is 5.89. The summed E-state index contributed by atoms with van der Waals surface area (Å²) in [6.45, 7) is 0.692. The fourth-order valence-corrected chi connectivity index (χ4v) is 2.88. The Morgan fingerprint density at radius 2 is 1.97 bits per heavy atom. The van der Waals surface area contributed by atoms with Crippen LogP contribution in [0.25, 0.3) is 0 Å². The van der Waals surface area contributed by atoms with Crippen molar-refractivity contribution >= 4 is 23.4 Å². The van der Waals surface area contributed by atoms with Crippen molar-refractivity contribution in [3.8, 4) is 0 Å². The lowest BCUT2D eigenvalue weighted by Crippen LogP contribution is -2.37. The predicted octanol–water partition coefficient (Wildman–Crippen LogP) is 0.432. The highest BCUT2D eigenvalue weighted by atomic mass is 19.1. The summed E-state index contributed by atoms with van der Waals surface area (Å²) in [4.78, 5) is 39.1. The molecule has 2 heterocycles. The maximum absolute atomic E-state index is 15.0. The molecule has 1 saturated heterocycles. The average Bonchev–Trinajstić information content (AvgIpc) is 2.98. The molecule has 3 rings (SSSR count). The zero-order chi connectivity index (χ0) is 21.1. The van der Waals surface area contributed by atoms with Crippen molar-refractivity contribution in [2.75, 3.05) is 18.1 Å². The molecule has 0 spiro atoms. The molecule has 2 aromatic rings. The summed E-state index contributed by atoms with van der Waals surface area (Å²) < 4.78 is 31.5. The van der Waals surface area contributed by atoms with Gasteiger partial charge in [0, 0.05) is 13.1 Å². The maximum atomic E-state index is 15.0. The number of nitrogens with zero attached hydrogens (tertiary/aromatic N) is 2. The Morgan fingerprint density at radius 1 is 1.28 bits per heavy atom. The van der Waals surface area contributed by atoms with Gasteiger partial charge in [0.1, 0.15) is 12.7 Å². The third kappa shape index (κ3) is 4.35. The molecule has 0 aliphatic carbocycles. The van der Waals surface area contributed by atoms with Crippen LogP contribution in [0.3, 0.4) is 0 Å². The van der Waals surface area contributed by atoms with E-state index in [0.717, 1.165) is 17.7 Å². The van der Waals surface area contributed by atoms with E-state index in [-0.39, 0.29) is 17.1 Å². The minimum atomic E-state index is -1.94. The molecule has 1 aromatic carbocycles. The Morgan fingerprint density at radius 3 is 2.62 bits per heavy atom. The molecule has 1 aliphatic rings. The SMILES string of the molecule is CC(=O)O[C@H]1[C@H](F)[C@H](n2cc(N)c(N)nc2=O)O[C@@H]1COC(=O)c1ccccc1. The Labute approximate surface area is 164 Å². The summed E-state index contributed by atoms with van der Waals surface area (Å²) in [6.07, 6.45) is -4.92. The topological polar surface area (TPSA) is 149 Å². The number of ether oxygens (including phenoxy) is 3. The number of anilines is 2. The molecule has 154 valence electrons. The molecule has 10 nitrogen and oxygen atoms in total. The molecule has 0 radical (unpaired) electrons. The van der Waals surface area contributed by atoms with E-state index >= 15 is 4.39 Å². The van der Waals surface area contributed by atoms with Gasteiger partial charge in [-0.1, -0.05) is 18.2 Å². The molecule has 0 amide bonds. The second-order valence-electron chi connectivity index (χ2n) is 6.32. The van der Waals surface area contributed by atoms with Gasteiger partial charge < -0.3 is 25.7 Å². The molecule has 4 atom stereocenters. The van der Waals surface area contributed by atoms with Crippen LogP contribution >= 0.6 is 0 Å². The predicted molar refractivity (Wildman–Crippen MR) is 98.4 cm³/mol. The van der Waals surface area contributed by atoms with Crippen LogP contribution in [0.2, 0.25) is 0 Å². The van der Waals surface area contributed by atoms with E-state index in [2.05, 4.69) is 4.98 Å². The van der Waals surface area contributed by atoms with Gasteiger partial charge >= 0.3 is 17.6 Å². The van der Waals surface area contributed by atoms with Crippen LogP contribution in [-0.2, 0) is 19.0 Å². The van der Waals surface area contributed by atoms with Gasteiger partial charge in [0.25, 0.3) is 0 Å². The summed E-state index contributed by atoms with van der Waals surface area (Å²) in [5.74, 6) is -1.63. The lowest BCUT2D eigenvalue weighted by Gasteiger charge is -2.18. The standard InChI is InChI=1S/C18H19FN4O6/c1-9(24)28-14-12(8-27-17(25)10-5-3-2-4-6-10)29-16(13(14)19)23-7-11(20)15(21)22-18(23)26/h2-7,12-14,16H,8,20H2,1H3,(H2,21,22,26)/t12-,13+,14-,16-/m1/s1. The number of alkyl halides is 1. The van der Waals surface area contributed by atoms with E-state index in [1.165, 1.54) is 0 Å². The highest BCUT2D eigenvalue weighted by Crippen LogP contribution is 2.34. The van der Waals surface area contributed by atoms with Crippen LogP contribution in [0.5, 0.6) is 0 Å². The molecule has 1 aromatic heterocycles. The second kappa shape index (κ2) is 8.27. The van der Waals surface area contributed by atoms with Crippen LogP contribution in [0.4, 0.5) is 15.9 Å². The smallest absolute Gasteiger partial charge is 0.351 e. The van der Waals surface area contributed by atoms with E-state index in [1.54, 1.807) is 30.3 Å². The first-order valence-corrected chi connectivity index (χ1v) is 8.61. The first-order chi connectivity index (χ1) is 13.8. The molecule has 1 aliphatic heterocycles. The number of carbonyl (C=O) groups is 2. The van der Waals surface area contributed by atoms with Gasteiger partial charge in [-0.2, -0.15) is 4.98 Å². The van der Waals surface area contributed by atoms with E-state index in [1.807, 2.05) is 0 Å². The van der Waals surface area contributed by atoms with E-state index in [9.17, 15) is 14.4 Å². The maximum Gasteiger partial charge on any atom is 0.351 e. The van der Waals surface area contributed by atoms with Crippen molar-refractivity contribution < 1.29 is 28.2 Å². The van der Waals surface area contributed by atoms with Gasteiger partial charge in [-0.25, -0.2) is 14.0 Å². The summed E-state index contributed by atoms with van der Waals surface area (Å²) in [7, 11) is 0. The molecule has 4 N–H and O–H groups in total. The van der Waals surface area contributed by atoms with Crippen molar-refractivity contribution in [3.05, 3.63) is 52.6 Å². The van der Waals surface area contributed by atoms with E-state index in [0.29, 0.717) is 0 Å². The van der Waals surface area contributed by atoms with Gasteiger partial charge in [0.2, 0.25) is 0 Å². The lowest BCUT2D eigenvalue weighted by atomic mass is 10.1. The number of hydrogen-bond acceptors (Lipinski definition) is 9. The van der Waals surface area contributed by atoms with Gasteiger partial charge in [-0.05, 0) is 12.1 Å².